The second-order valence-electron chi connectivity index (χ2n) is 7.90. The van der Waals surface area contributed by atoms with Gasteiger partial charge in [-0.15, -0.1) is 0 Å². The van der Waals surface area contributed by atoms with E-state index in [0.717, 1.165) is 5.69 Å². The summed E-state index contributed by atoms with van der Waals surface area (Å²) in [7, 11) is 1.25. The molecule has 0 unspecified atom stereocenters. The first-order chi connectivity index (χ1) is 17.4. The van der Waals surface area contributed by atoms with E-state index in [-0.39, 0.29) is 18.1 Å². The highest BCUT2D eigenvalue weighted by molar-refractivity contribution is 6.31. The third-order valence-electron chi connectivity index (χ3n) is 5.46. The molecule has 1 aliphatic heterocycles. The first-order valence-corrected chi connectivity index (χ1v) is 11.4. The van der Waals surface area contributed by atoms with Crippen molar-refractivity contribution in [3.05, 3.63) is 106 Å². The van der Waals surface area contributed by atoms with Crippen molar-refractivity contribution in [2.45, 2.75) is 6.92 Å². The van der Waals surface area contributed by atoms with Gasteiger partial charge in [-0.2, -0.15) is 0 Å². The van der Waals surface area contributed by atoms with Gasteiger partial charge in [0.15, 0.2) is 6.61 Å². The predicted molar refractivity (Wildman–Crippen MR) is 139 cm³/mol. The highest BCUT2D eigenvalue weighted by atomic mass is 35.5. The van der Waals surface area contributed by atoms with Crippen LogP contribution in [0, 0.1) is 0 Å². The number of ether oxygens (including phenoxy) is 2. The van der Waals surface area contributed by atoms with Gasteiger partial charge in [-0.1, -0.05) is 48.0 Å². The average Bonchev–Trinajstić information content (AvgIpc) is 3.12. The van der Waals surface area contributed by atoms with Crippen LogP contribution < -0.4 is 15.0 Å². The zero-order valence-corrected chi connectivity index (χ0v) is 20.4. The van der Waals surface area contributed by atoms with Crippen molar-refractivity contribution in [3.63, 3.8) is 0 Å². The number of nitrogens with zero attached hydrogens (tertiary/aromatic N) is 1. The number of benzene rings is 3. The van der Waals surface area contributed by atoms with Crippen LogP contribution in [0.15, 0.2) is 95.8 Å². The second kappa shape index (κ2) is 10.9. The number of hydrogen-bond donors (Lipinski definition) is 1. The van der Waals surface area contributed by atoms with Crippen LogP contribution in [0.3, 0.4) is 0 Å². The molecule has 3 aromatic carbocycles. The summed E-state index contributed by atoms with van der Waals surface area (Å²) in [4.78, 5) is 39.4. The Kier molecular flexibility index (Phi) is 7.51. The summed E-state index contributed by atoms with van der Waals surface area (Å²) in [5, 5.41) is 3.24. The number of methoxy groups -OCH3 is 1. The highest BCUT2D eigenvalue weighted by Gasteiger charge is 2.38. The number of halogens is 1. The molecule has 7 nitrogen and oxygen atoms in total. The third-order valence-corrected chi connectivity index (χ3v) is 5.70. The van der Waals surface area contributed by atoms with Gasteiger partial charge < -0.3 is 19.7 Å². The Balaban J connectivity index is 1.50. The van der Waals surface area contributed by atoms with Gasteiger partial charge in [0, 0.05) is 22.1 Å². The topological polar surface area (TPSA) is 84.9 Å². The molecule has 0 aromatic heterocycles. The normalized spacial score (nSPS) is 14.2. The van der Waals surface area contributed by atoms with E-state index in [1.807, 2.05) is 30.3 Å². The molecule has 0 aliphatic carbocycles. The maximum absolute atomic E-state index is 13.2. The Bertz CT molecular complexity index is 1360. The minimum absolute atomic E-state index is 0.00160. The minimum Gasteiger partial charge on any atom is -0.484 e. The lowest BCUT2D eigenvalue weighted by atomic mass is 10.1. The first-order valence-electron chi connectivity index (χ1n) is 11.1. The number of carbonyl (C=O) groups is 3. The molecule has 0 saturated carbocycles. The number of Topliss-reactive ketones (excluding diaryl/α,β-unsaturated/α-hetero) is 1. The van der Waals surface area contributed by atoms with Gasteiger partial charge in [0.25, 0.3) is 5.91 Å². The van der Waals surface area contributed by atoms with Gasteiger partial charge in [-0.25, -0.2) is 4.79 Å². The van der Waals surface area contributed by atoms with E-state index in [1.165, 1.54) is 7.11 Å². The third kappa shape index (κ3) is 5.47. The number of esters is 1. The van der Waals surface area contributed by atoms with Crippen LogP contribution in [-0.2, 0) is 19.1 Å². The van der Waals surface area contributed by atoms with E-state index in [0.29, 0.717) is 33.4 Å². The number of allylic oxidation sites excluding steroid dienone is 2. The Hall–Kier alpha value is -4.36. The number of para-hydroxylation sites is 1. The van der Waals surface area contributed by atoms with Crippen molar-refractivity contribution in [2.75, 3.05) is 23.9 Å². The van der Waals surface area contributed by atoms with Crippen LogP contribution in [0.25, 0.3) is 6.08 Å². The molecule has 0 spiro atoms. The highest BCUT2D eigenvalue weighted by Crippen LogP contribution is 2.35. The Morgan fingerprint density at radius 3 is 2.39 bits per heavy atom. The van der Waals surface area contributed by atoms with Crippen molar-refractivity contribution in [1.82, 2.24) is 0 Å². The molecule has 8 heteroatoms. The number of anilines is 2. The van der Waals surface area contributed by atoms with Crippen LogP contribution in [0.5, 0.6) is 5.75 Å². The summed E-state index contributed by atoms with van der Waals surface area (Å²) in [6, 6.07) is 23.1. The molecule has 4 rings (SSSR count). The molecule has 36 heavy (non-hydrogen) atoms. The molecular weight excluding hydrogens is 480 g/mol. The zero-order chi connectivity index (χ0) is 25.7. The quantitative estimate of drug-likeness (QED) is 0.270. The summed E-state index contributed by atoms with van der Waals surface area (Å²) in [6.45, 7) is 1.53. The summed E-state index contributed by atoms with van der Waals surface area (Å²) in [5.41, 5.74) is 2.87. The monoisotopic (exact) mass is 502 g/mol. The van der Waals surface area contributed by atoms with Crippen molar-refractivity contribution in [1.29, 1.82) is 0 Å². The predicted octanol–water partition coefficient (Wildman–Crippen LogP) is 5.23. The molecule has 3 aromatic rings. The van der Waals surface area contributed by atoms with E-state index < -0.39 is 11.8 Å². The van der Waals surface area contributed by atoms with Gasteiger partial charge in [0.1, 0.15) is 11.3 Å². The Morgan fingerprint density at radius 2 is 1.72 bits per heavy atom. The molecule has 0 saturated heterocycles. The SMILES string of the molecule is COC(=O)C1=C(C)N(c2ccccc2)/C(=C\c2ccc(OCC(=O)Nc3cccc(Cl)c3)cc2)C1=O. The number of nitrogens with one attached hydrogen (secondary N) is 1. The molecule has 0 bridgehead atoms. The van der Waals surface area contributed by atoms with Crippen LogP contribution in [-0.4, -0.2) is 31.4 Å². The van der Waals surface area contributed by atoms with Gasteiger partial charge in [-0.3, -0.25) is 9.59 Å². The lowest BCUT2D eigenvalue weighted by molar-refractivity contribution is -0.137. The van der Waals surface area contributed by atoms with Crippen LogP contribution in [0.1, 0.15) is 12.5 Å². The number of rotatable bonds is 7. The van der Waals surface area contributed by atoms with Gasteiger partial charge >= 0.3 is 5.97 Å². The first kappa shape index (κ1) is 24.8. The summed E-state index contributed by atoms with van der Waals surface area (Å²) < 4.78 is 10.4. The smallest absolute Gasteiger partial charge is 0.343 e. The van der Waals surface area contributed by atoms with Crippen molar-refractivity contribution in [3.8, 4) is 5.75 Å². The molecule has 0 atom stereocenters. The van der Waals surface area contributed by atoms with E-state index >= 15 is 0 Å². The summed E-state index contributed by atoms with van der Waals surface area (Å²) in [5.74, 6) is -0.932. The fourth-order valence-corrected chi connectivity index (χ4v) is 3.99. The number of hydrogen-bond acceptors (Lipinski definition) is 6. The summed E-state index contributed by atoms with van der Waals surface area (Å²) >= 11 is 5.93. The summed E-state index contributed by atoms with van der Waals surface area (Å²) in [6.07, 6.45) is 1.70. The van der Waals surface area contributed by atoms with Crippen molar-refractivity contribution < 1.29 is 23.9 Å². The molecule has 182 valence electrons. The fourth-order valence-electron chi connectivity index (χ4n) is 3.80. The molecule has 1 amide bonds. The Morgan fingerprint density at radius 1 is 1.00 bits per heavy atom. The fraction of sp³-hybridized carbons (Fsp3) is 0.107. The number of ketones is 1. The van der Waals surface area contributed by atoms with E-state index in [9.17, 15) is 14.4 Å². The second-order valence-corrected chi connectivity index (χ2v) is 8.33. The standard InChI is InChI=1S/C28H23ClN2O5/c1-18-26(28(34)35-2)27(33)24(31(18)22-9-4-3-5-10-22)15-19-11-13-23(14-12-19)36-17-25(32)30-21-8-6-7-20(29)16-21/h3-16H,17H2,1-2H3,(H,30,32)/b24-15-. The minimum atomic E-state index is -0.679. The maximum Gasteiger partial charge on any atom is 0.343 e. The van der Waals surface area contributed by atoms with E-state index in [2.05, 4.69) is 5.32 Å². The van der Waals surface area contributed by atoms with Gasteiger partial charge in [-0.05, 0) is 61.0 Å². The lowest BCUT2D eigenvalue weighted by Gasteiger charge is -2.21. The van der Waals surface area contributed by atoms with E-state index in [1.54, 1.807) is 66.4 Å². The zero-order valence-electron chi connectivity index (χ0n) is 19.7. The molecule has 1 aliphatic rings. The van der Waals surface area contributed by atoms with Crippen LogP contribution in [0.2, 0.25) is 5.02 Å². The Labute approximate surface area is 213 Å². The number of amides is 1. The lowest BCUT2D eigenvalue weighted by Crippen LogP contribution is -2.20. The molecular formula is C28H23ClN2O5. The molecule has 1 N–H and O–H groups in total. The van der Waals surface area contributed by atoms with Crippen LogP contribution >= 0.6 is 11.6 Å². The molecule has 0 fully saturated rings. The van der Waals surface area contributed by atoms with Gasteiger partial charge in [0.05, 0.1) is 12.8 Å². The van der Waals surface area contributed by atoms with Gasteiger partial charge in [0.2, 0.25) is 5.78 Å². The van der Waals surface area contributed by atoms with E-state index in [4.69, 9.17) is 21.1 Å². The van der Waals surface area contributed by atoms with Crippen molar-refractivity contribution in [2.24, 2.45) is 0 Å². The largest absolute Gasteiger partial charge is 0.484 e. The molecule has 1 heterocycles. The number of carbonyl (C=O) groups excluding carboxylic acids is 3. The molecule has 0 radical (unpaired) electrons. The van der Waals surface area contributed by atoms with Crippen LogP contribution in [0.4, 0.5) is 11.4 Å². The maximum atomic E-state index is 13.2. The van der Waals surface area contributed by atoms with Crippen molar-refractivity contribution >= 4 is 46.7 Å². The average molecular weight is 503 g/mol.